The van der Waals surface area contributed by atoms with Gasteiger partial charge in [-0.2, -0.15) is 0 Å². The molecule has 1 amide bonds. The average Bonchev–Trinajstić information content (AvgIpc) is 3.08. The van der Waals surface area contributed by atoms with Gasteiger partial charge < -0.3 is 40.3 Å². The number of hydrogen-bond acceptors (Lipinski definition) is 8. The molecule has 1 aliphatic heterocycles. The summed E-state index contributed by atoms with van der Waals surface area (Å²) in [5.74, 6) is -0.196. The quantitative estimate of drug-likeness (QED) is 0.0370. The standard InChI is InChI=1S/C39H71NO8/c1-3-5-7-9-11-13-15-16-17-18-19-21-23-25-27-29-35(43)40-32(31-47-39-38(46)37(45)36(44)34(30-41)48-39)33(42)28-26-24-22-20-14-12-10-8-6-4-2/h11,13,16-17,26,28,32-34,36-39,41-42,44-46H,3-10,12,14-15,18-25,27,29-31H2,1-2H3,(H,40,43)/b13-11-,17-16-,28-26+. The first-order valence-corrected chi connectivity index (χ1v) is 19.2. The molecule has 0 saturated carbocycles. The lowest BCUT2D eigenvalue weighted by Crippen LogP contribution is -2.60. The Morgan fingerprint density at radius 2 is 1.23 bits per heavy atom. The molecule has 1 fully saturated rings. The van der Waals surface area contributed by atoms with Gasteiger partial charge in [-0.3, -0.25) is 4.79 Å². The fourth-order valence-corrected chi connectivity index (χ4v) is 5.77. The fourth-order valence-electron chi connectivity index (χ4n) is 5.77. The van der Waals surface area contributed by atoms with Crippen molar-refractivity contribution in [1.82, 2.24) is 5.32 Å². The van der Waals surface area contributed by atoms with E-state index in [2.05, 4.69) is 43.5 Å². The van der Waals surface area contributed by atoms with Crippen molar-refractivity contribution in [2.75, 3.05) is 13.2 Å². The van der Waals surface area contributed by atoms with Gasteiger partial charge in [0.15, 0.2) is 6.29 Å². The van der Waals surface area contributed by atoms with Crippen LogP contribution in [0.5, 0.6) is 0 Å². The Balaban J connectivity index is 2.46. The molecule has 0 aromatic carbocycles. The number of aliphatic hydroxyl groups is 5. The number of allylic oxidation sites excluding steroid dienone is 5. The Morgan fingerprint density at radius 1 is 0.708 bits per heavy atom. The molecule has 7 unspecified atom stereocenters. The van der Waals surface area contributed by atoms with E-state index in [9.17, 15) is 30.3 Å². The summed E-state index contributed by atoms with van der Waals surface area (Å²) in [7, 11) is 0. The lowest BCUT2D eigenvalue weighted by molar-refractivity contribution is -0.302. The number of aliphatic hydroxyl groups excluding tert-OH is 5. The van der Waals surface area contributed by atoms with E-state index in [-0.39, 0.29) is 12.5 Å². The Labute approximate surface area is 291 Å². The van der Waals surface area contributed by atoms with Crippen molar-refractivity contribution in [3.05, 3.63) is 36.5 Å². The summed E-state index contributed by atoms with van der Waals surface area (Å²) in [5.41, 5.74) is 0. The topological polar surface area (TPSA) is 149 Å². The number of hydrogen-bond donors (Lipinski definition) is 6. The second kappa shape index (κ2) is 30.3. The van der Waals surface area contributed by atoms with E-state index in [4.69, 9.17) is 9.47 Å². The van der Waals surface area contributed by atoms with Crippen LogP contribution >= 0.6 is 0 Å². The minimum Gasteiger partial charge on any atom is -0.394 e. The fraction of sp³-hybridized carbons (Fsp3) is 0.821. The van der Waals surface area contributed by atoms with Crippen LogP contribution in [0.1, 0.15) is 149 Å². The zero-order valence-corrected chi connectivity index (χ0v) is 30.2. The number of rotatable bonds is 30. The minimum atomic E-state index is -1.57. The largest absolute Gasteiger partial charge is 0.394 e. The Kier molecular flexibility index (Phi) is 28.0. The molecule has 1 heterocycles. The SMILES string of the molecule is CCCCC/C=C\C/C=C\CCCCCCCC(=O)NC(COC1OC(CO)C(O)C(O)C1O)C(O)/C=C/CCCCCCCCCC. The molecule has 0 aromatic heterocycles. The maximum absolute atomic E-state index is 12.8. The van der Waals surface area contributed by atoms with E-state index in [0.29, 0.717) is 6.42 Å². The molecule has 1 rings (SSSR count). The van der Waals surface area contributed by atoms with E-state index in [1.54, 1.807) is 6.08 Å². The van der Waals surface area contributed by atoms with Crippen LogP contribution in [-0.2, 0) is 14.3 Å². The predicted octanol–water partition coefficient (Wildman–Crippen LogP) is 6.55. The van der Waals surface area contributed by atoms with Crippen LogP contribution in [0.3, 0.4) is 0 Å². The Bertz CT molecular complexity index is 848. The minimum absolute atomic E-state index is 0.195. The van der Waals surface area contributed by atoms with E-state index < -0.39 is 49.5 Å². The van der Waals surface area contributed by atoms with Gasteiger partial charge in [-0.05, 0) is 51.4 Å². The molecule has 0 spiro atoms. The van der Waals surface area contributed by atoms with E-state index in [1.807, 2.05) is 6.08 Å². The summed E-state index contributed by atoms with van der Waals surface area (Å²) >= 11 is 0. The highest BCUT2D eigenvalue weighted by atomic mass is 16.7. The van der Waals surface area contributed by atoms with Crippen LogP contribution in [0.15, 0.2) is 36.5 Å². The summed E-state index contributed by atoms with van der Waals surface area (Å²) in [5, 5.41) is 53.8. The van der Waals surface area contributed by atoms with Gasteiger partial charge in [0.05, 0.1) is 25.4 Å². The van der Waals surface area contributed by atoms with Gasteiger partial charge >= 0.3 is 0 Å². The van der Waals surface area contributed by atoms with Crippen molar-refractivity contribution in [2.45, 2.75) is 192 Å². The highest BCUT2D eigenvalue weighted by Crippen LogP contribution is 2.22. The van der Waals surface area contributed by atoms with Crippen LogP contribution in [0, 0.1) is 0 Å². The second-order valence-electron chi connectivity index (χ2n) is 13.4. The Morgan fingerprint density at radius 3 is 1.83 bits per heavy atom. The zero-order chi connectivity index (χ0) is 35.2. The van der Waals surface area contributed by atoms with Crippen molar-refractivity contribution in [3.8, 4) is 0 Å². The van der Waals surface area contributed by atoms with Gasteiger partial charge in [0, 0.05) is 6.42 Å². The molecule has 7 atom stereocenters. The molecule has 0 aliphatic carbocycles. The Hall–Kier alpha value is -1.59. The van der Waals surface area contributed by atoms with Gasteiger partial charge in [0.25, 0.3) is 0 Å². The maximum atomic E-state index is 12.8. The molecule has 6 N–H and O–H groups in total. The zero-order valence-electron chi connectivity index (χ0n) is 30.2. The normalized spacial score (nSPS) is 23.0. The van der Waals surface area contributed by atoms with E-state index >= 15 is 0 Å². The second-order valence-corrected chi connectivity index (χ2v) is 13.4. The molecule has 0 bridgehead atoms. The van der Waals surface area contributed by atoms with Gasteiger partial charge in [0.2, 0.25) is 5.91 Å². The first-order chi connectivity index (χ1) is 23.3. The highest BCUT2D eigenvalue weighted by Gasteiger charge is 2.44. The van der Waals surface area contributed by atoms with Crippen LogP contribution in [0.4, 0.5) is 0 Å². The van der Waals surface area contributed by atoms with Crippen LogP contribution in [0.25, 0.3) is 0 Å². The lowest BCUT2D eigenvalue weighted by atomic mass is 9.99. The van der Waals surface area contributed by atoms with E-state index in [0.717, 1.165) is 64.2 Å². The van der Waals surface area contributed by atoms with Crippen molar-refractivity contribution >= 4 is 5.91 Å². The molecule has 0 aromatic rings. The third-order valence-electron chi connectivity index (χ3n) is 8.96. The smallest absolute Gasteiger partial charge is 0.220 e. The monoisotopic (exact) mass is 682 g/mol. The molecule has 9 nitrogen and oxygen atoms in total. The van der Waals surface area contributed by atoms with Crippen molar-refractivity contribution in [2.24, 2.45) is 0 Å². The molecular formula is C39H71NO8. The average molecular weight is 682 g/mol. The van der Waals surface area contributed by atoms with Gasteiger partial charge in [-0.25, -0.2) is 0 Å². The third-order valence-corrected chi connectivity index (χ3v) is 8.96. The first-order valence-electron chi connectivity index (χ1n) is 19.2. The molecule has 1 saturated heterocycles. The van der Waals surface area contributed by atoms with Crippen LogP contribution < -0.4 is 5.32 Å². The van der Waals surface area contributed by atoms with Gasteiger partial charge in [-0.15, -0.1) is 0 Å². The molecule has 0 radical (unpaired) electrons. The number of carbonyl (C=O) groups is 1. The van der Waals surface area contributed by atoms with Gasteiger partial charge in [0.1, 0.15) is 24.4 Å². The molecule has 1 aliphatic rings. The third kappa shape index (κ3) is 21.5. The summed E-state index contributed by atoms with van der Waals surface area (Å²) in [6.45, 7) is 3.68. The summed E-state index contributed by atoms with van der Waals surface area (Å²) < 4.78 is 11.1. The molecule has 280 valence electrons. The lowest BCUT2D eigenvalue weighted by Gasteiger charge is -2.40. The maximum Gasteiger partial charge on any atom is 0.220 e. The molecule has 48 heavy (non-hydrogen) atoms. The number of nitrogens with one attached hydrogen (secondary N) is 1. The van der Waals surface area contributed by atoms with E-state index in [1.165, 1.54) is 64.2 Å². The predicted molar refractivity (Wildman–Crippen MR) is 193 cm³/mol. The van der Waals surface area contributed by atoms with Crippen LogP contribution in [-0.4, -0.2) is 87.5 Å². The number of unbranched alkanes of at least 4 members (excludes halogenated alkanes) is 16. The molecule has 9 heteroatoms. The number of amides is 1. The van der Waals surface area contributed by atoms with Crippen molar-refractivity contribution < 1.29 is 39.8 Å². The highest BCUT2D eigenvalue weighted by molar-refractivity contribution is 5.76. The summed E-state index contributed by atoms with van der Waals surface area (Å²) in [4.78, 5) is 12.8. The van der Waals surface area contributed by atoms with Gasteiger partial charge in [-0.1, -0.05) is 127 Å². The summed E-state index contributed by atoms with van der Waals surface area (Å²) in [6, 6.07) is -0.808. The van der Waals surface area contributed by atoms with Crippen molar-refractivity contribution in [3.63, 3.8) is 0 Å². The van der Waals surface area contributed by atoms with Crippen molar-refractivity contribution in [1.29, 1.82) is 0 Å². The first kappa shape index (κ1) is 44.4. The molecular weight excluding hydrogens is 610 g/mol. The number of ether oxygens (including phenoxy) is 2. The number of carbonyl (C=O) groups excluding carboxylic acids is 1. The summed E-state index contributed by atoms with van der Waals surface area (Å²) in [6.07, 6.45) is 27.5. The van der Waals surface area contributed by atoms with Crippen LogP contribution in [0.2, 0.25) is 0 Å².